The van der Waals surface area contributed by atoms with E-state index in [4.69, 9.17) is 4.74 Å². The number of halogens is 1. The number of rotatable bonds is 9. The van der Waals surface area contributed by atoms with E-state index < -0.39 is 0 Å². The first kappa shape index (κ1) is 31.4. The number of carbonyl (C=O) groups is 1. The molecule has 1 amide bonds. The van der Waals surface area contributed by atoms with Crippen molar-refractivity contribution in [3.8, 4) is 11.5 Å². The van der Waals surface area contributed by atoms with Gasteiger partial charge in [0.2, 0.25) is 11.9 Å². The predicted octanol–water partition coefficient (Wildman–Crippen LogP) is 7.53. The van der Waals surface area contributed by atoms with Crippen molar-refractivity contribution >= 4 is 51.0 Å². The normalized spacial score (nSPS) is 13.5. The zero-order valence-corrected chi connectivity index (χ0v) is 26.8. The maximum atomic E-state index is 13.5. The fraction of sp³-hybridized carbons (Fsp3) is 0.312. The fourth-order valence-corrected chi connectivity index (χ4v) is 6.75. The molecular formula is C32H36FN7O2S2. The van der Waals surface area contributed by atoms with Crippen LogP contribution in [0.15, 0.2) is 76.2 Å². The zero-order valence-electron chi connectivity index (χ0n) is 25.2. The summed E-state index contributed by atoms with van der Waals surface area (Å²) in [6, 6.07) is 11.8. The van der Waals surface area contributed by atoms with Crippen molar-refractivity contribution in [3.63, 3.8) is 0 Å². The molecule has 6 rings (SSSR count). The lowest BCUT2D eigenvalue weighted by Gasteiger charge is -2.32. The zero-order chi connectivity index (χ0) is 31.1. The Kier molecular flexibility index (Phi) is 10.5. The second kappa shape index (κ2) is 14.7. The van der Waals surface area contributed by atoms with E-state index in [1.165, 1.54) is 12.1 Å². The van der Waals surface area contributed by atoms with E-state index in [9.17, 15) is 9.18 Å². The number of hydrogen-bond acceptors (Lipinski definition) is 9. The molecule has 1 fully saturated rings. The summed E-state index contributed by atoms with van der Waals surface area (Å²) in [5.74, 6) is 2.10. The molecule has 1 aromatic carbocycles. The molecule has 4 aromatic heterocycles. The number of H-pyrrole nitrogens is 1. The number of imidazole rings is 1. The van der Waals surface area contributed by atoms with Gasteiger partial charge in [0.25, 0.3) is 0 Å². The van der Waals surface area contributed by atoms with E-state index >= 15 is 0 Å². The molecule has 0 saturated carbocycles. The Morgan fingerprint density at radius 3 is 2.64 bits per heavy atom. The van der Waals surface area contributed by atoms with Crippen LogP contribution in [0.1, 0.15) is 38.3 Å². The van der Waals surface area contributed by atoms with Gasteiger partial charge in [-0.05, 0) is 68.7 Å². The first-order chi connectivity index (χ1) is 21.4. The molecule has 1 aliphatic rings. The number of benzene rings is 1. The Balaban J connectivity index is 0.00000188. The molecule has 1 aliphatic heterocycles. The summed E-state index contributed by atoms with van der Waals surface area (Å²) in [6.07, 6.45) is 7.17. The minimum atomic E-state index is -0.336. The molecular weight excluding hydrogens is 598 g/mol. The first-order valence-corrected chi connectivity index (χ1v) is 16.3. The van der Waals surface area contributed by atoms with E-state index in [2.05, 4.69) is 25.3 Å². The highest BCUT2D eigenvalue weighted by molar-refractivity contribution is 7.99. The lowest BCUT2D eigenvalue weighted by Crippen LogP contribution is -2.42. The predicted molar refractivity (Wildman–Crippen MR) is 175 cm³/mol. The van der Waals surface area contributed by atoms with Crippen molar-refractivity contribution in [2.24, 2.45) is 0 Å². The number of likely N-dealkylation sites (N-methyl/N-ethyl adjacent to an activating group) is 1. The molecule has 44 heavy (non-hydrogen) atoms. The van der Waals surface area contributed by atoms with Crippen LogP contribution in [0.2, 0.25) is 0 Å². The number of piperidine rings is 1. The number of likely N-dealkylation sites (tertiary alicyclic amines) is 1. The number of amides is 1. The van der Waals surface area contributed by atoms with Gasteiger partial charge in [0.15, 0.2) is 11.6 Å². The third-order valence-electron chi connectivity index (χ3n) is 6.98. The number of fused-ring (bicyclic) bond motifs is 1. The Bertz CT molecular complexity index is 1680. The van der Waals surface area contributed by atoms with Crippen LogP contribution in [0, 0.1) is 5.82 Å². The van der Waals surface area contributed by atoms with Gasteiger partial charge < -0.3 is 24.8 Å². The highest BCUT2D eigenvalue weighted by Crippen LogP contribution is 2.39. The number of aromatic amines is 1. The van der Waals surface area contributed by atoms with Gasteiger partial charge in [-0.2, -0.15) is 0 Å². The maximum absolute atomic E-state index is 13.5. The summed E-state index contributed by atoms with van der Waals surface area (Å²) in [5, 5.41) is 5.29. The molecule has 0 bridgehead atoms. The second-order valence-corrected chi connectivity index (χ2v) is 12.4. The topological polar surface area (TPSA) is 99.3 Å². The number of nitrogens with zero attached hydrogens (tertiary/aromatic N) is 5. The van der Waals surface area contributed by atoms with Gasteiger partial charge in [0, 0.05) is 53.0 Å². The molecule has 0 atom stereocenters. The van der Waals surface area contributed by atoms with Crippen molar-refractivity contribution in [2.45, 2.75) is 42.4 Å². The molecule has 2 N–H and O–H groups in total. The number of anilines is 2. The van der Waals surface area contributed by atoms with E-state index in [1.807, 2.05) is 67.5 Å². The largest absolute Gasteiger partial charge is 0.453 e. The van der Waals surface area contributed by atoms with Gasteiger partial charge in [-0.15, -0.1) is 11.3 Å². The monoisotopic (exact) mass is 633 g/mol. The van der Waals surface area contributed by atoms with Gasteiger partial charge >= 0.3 is 0 Å². The third kappa shape index (κ3) is 7.74. The number of nitrogens with one attached hydrogen (secondary N) is 2. The summed E-state index contributed by atoms with van der Waals surface area (Å²) in [7, 11) is 3.81. The van der Waals surface area contributed by atoms with Gasteiger partial charge in [0.1, 0.15) is 11.6 Å². The van der Waals surface area contributed by atoms with Gasteiger partial charge in [-0.1, -0.05) is 25.6 Å². The average Bonchev–Trinajstić information content (AvgIpc) is 3.71. The van der Waals surface area contributed by atoms with Crippen LogP contribution in [0.25, 0.3) is 10.2 Å². The lowest BCUT2D eigenvalue weighted by atomic mass is 9.94. The highest BCUT2D eigenvalue weighted by atomic mass is 32.2. The van der Waals surface area contributed by atoms with Gasteiger partial charge in [0.05, 0.1) is 23.0 Å². The highest BCUT2D eigenvalue weighted by Gasteiger charge is 2.25. The second-order valence-electron chi connectivity index (χ2n) is 10.3. The van der Waals surface area contributed by atoms with Crippen molar-refractivity contribution in [3.05, 3.63) is 77.9 Å². The quantitative estimate of drug-likeness (QED) is 0.172. The van der Waals surface area contributed by atoms with Crippen LogP contribution >= 0.6 is 23.1 Å². The Hall–Kier alpha value is -4.00. The summed E-state index contributed by atoms with van der Waals surface area (Å²) in [5.41, 5.74) is 1.97. The van der Waals surface area contributed by atoms with Crippen LogP contribution in [0.3, 0.4) is 0 Å². The molecule has 5 heterocycles. The standard InChI is InChI=1S/C30H30FN7O2S2.C2H6/c1-37(2)18-27(39)38-12-8-19(9-13-38)24-17-34-30(35-24)36-29-25(40-21-5-3-20(31)4-6-21)15-22(16-33-29)42-26-7-11-32-23-10-14-41-28(23)26;1-2/h3-7,10-11,14-17,19H,8-9,12-13,18H2,1-2H3,(H2,33,34,35,36);1-2H3. The van der Waals surface area contributed by atoms with Crippen molar-refractivity contribution in [1.29, 1.82) is 0 Å². The average molecular weight is 634 g/mol. The number of aromatic nitrogens is 4. The molecule has 5 aromatic rings. The van der Waals surface area contributed by atoms with Crippen molar-refractivity contribution < 1.29 is 13.9 Å². The van der Waals surface area contributed by atoms with E-state index in [0.717, 1.165) is 51.6 Å². The lowest BCUT2D eigenvalue weighted by molar-refractivity contribution is -0.132. The molecule has 0 aliphatic carbocycles. The summed E-state index contributed by atoms with van der Waals surface area (Å²) in [4.78, 5) is 35.3. The molecule has 0 spiro atoms. The van der Waals surface area contributed by atoms with E-state index in [0.29, 0.717) is 29.8 Å². The molecule has 12 heteroatoms. The Morgan fingerprint density at radius 2 is 1.89 bits per heavy atom. The fourth-order valence-electron chi connectivity index (χ4n) is 4.87. The third-order valence-corrected chi connectivity index (χ3v) is 9.06. The van der Waals surface area contributed by atoms with Gasteiger partial charge in [-0.25, -0.2) is 14.4 Å². The number of ether oxygens (including phenoxy) is 1. The smallest absolute Gasteiger partial charge is 0.236 e. The minimum absolute atomic E-state index is 0.163. The van der Waals surface area contributed by atoms with Crippen LogP contribution in [0.4, 0.5) is 16.2 Å². The molecule has 230 valence electrons. The Labute approximate surface area is 264 Å². The number of carbonyl (C=O) groups excluding carboxylic acids is 1. The molecule has 0 radical (unpaired) electrons. The Morgan fingerprint density at radius 1 is 1.11 bits per heavy atom. The number of thiophene rings is 1. The maximum Gasteiger partial charge on any atom is 0.236 e. The first-order valence-electron chi connectivity index (χ1n) is 14.6. The summed E-state index contributed by atoms with van der Waals surface area (Å²) in [6.45, 7) is 5.88. The van der Waals surface area contributed by atoms with Crippen molar-refractivity contribution in [1.82, 2.24) is 29.7 Å². The van der Waals surface area contributed by atoms with E-state index in [1.54, 1.807) is 47.6 Å². The molecule has 1 saturated heterocycles. The minimum Gasteiger partial charge on any atom is -0.453 e. The van der Waals surface area contributed by atoms with Crippen molar-refractivity contribution in [2.75, 3.05) is 39.0 Å². The molecule has 9 nitrogen and oxygen atoms in total. The number of hydrogen-bond donors (Lipinski definition) is 2. The van der Waals surface area contributed by atoms with Crippen LogP contribution < -0.4 is 10.1 Å². The SMILES string of the molecule is CC.CN(C)CC(=O)N1CCC(c2cnc(Nc3ncc(Sc4ccnc5ccsc45)cc3Oc3ccc(F)cc3)[nH]2)CC1. The van der Waals surface area contributed by atoms with Crippen LogP contribution in [-0.2, 0) is 4.79 Å². The van der Waals surface area contributed by atoms with Crippen LogP contribution in [-0.4, -0.2) is 69.4 Å². The van der Waals surface area contributed by atoms with Crippen LogP contribution in [0.5, 0.6) is 11.5 Å². The van der Waals surface area contributed by atoms with E-state index in [-0.39, 0.29) is 17.6 Å². The number of pyridine rings is 2. The summed E-state index contributed by atoms with van der Waals surface area (Å²) >= 11 is 3.23. The van der Waals surface area contributed by atoms with Gasteiger partial charge in [-0.3, -0.25) is 9.78 Å². The molecule has 0 unspecified atom stereocenters. The summed E-state index contributed by atoms with van der Waals surface area (Å²) < 4.78 is 20.8.